The van der Waals surface area contributed by atoms with Gasteiger partial charge in [0.05, 0.1) is 0 Å². The molecule has 1 N–H and O–H groups in total. The molecule has 2 aromatic carbocycles. The third-order valence-electron chi connectivity index (χ3n) is 2.84. The van der Waals surface area contributed by atoms with Crippen molar-refractivity contribution in [1.29, 1.82) is 0 Å². The molecule has 0 aliphatic carbocycles. The minimum absolute atomic E-state index is 0.702. The predicted octanol–water partition coefficient (Wildman–Crippen LogP) is 0.864. The fourth-order valence-corrected chi connectivity index (χ4v) is 2.09. The molecule has 0 aliphatic rings. The van der Waals surface area contributed by atoms with Crippen molar-refractivity contribution < 1.29 is 19.5 Å². The van der Waals surface area contributed by atoms with Crippen LogP contribution in [0.1, 0.15) is 0 Å². The summed E-state index contributed by atoms with van der Waals surface area (Å²) < 4.78 is 2.89. The van der Waals surface area contributed by atoms with Crippen molar-refractivity contribution in [3.05, 3.63) is 48.5 Å². The summed E-state index contributed by atoms with van der Waals surface area (Å²) in [4.78, 5) is 5.39. The molecule has 0 radical (unpaired) electrons. The quantitative estimate of drug-likeness (QED) is 0.381. The van der Waals surface area contributed by atoms with E-state index in [1.54, 1.807) is 11.8 Å². The molecule has 0 amide bonds. The summed E-state index contributed by atoms with van der Waals surface area (Å²) in [6.07, 6.45) is 0. The molecule has 4 nitrogen and oxygen atoms in total. The van der Waals surface area contributed by atoms with Crippen LogP contribution in [0.2, 0.25) is 0 Å². The molecular formula is C13H12N2O2+2. The Labute approximate surface area is 97.8 Å². The maximum absolute atomic E-state index is 10.2. The lowest BCUT2D eigenvalue weighted by molar-refractivity contribution is -0.886. The Balaban J connectivity index is 2.63. The normalized spacial score (nSPS) is 10.9. The Hall–Kier alpha value is -2.36. The molecule has 0 saturated heterocycles. The summed E-state index contributed by atoms with van der Waals surface area (Å²) in [7, 11) is 1.61. The molecule has 3 rings (SSSR count). The van der Waals surface area contributed by atoms with E-state index < -0.39 is 0 Å². The molecule has 0 fully saturated rings. The maximum atomic E-state index is 10.2. The van der Waals surface area contributed by atoms with Gasteiger partial charge >= 0.3 is 22.1 Å². The first-order valence-corrected chi connectivity index (χ1v) is 5.34. The zero-order valence-electron chi connectivity index (χ0n) is 9.37. The van der Waals surface area contributed by atoms with Crippen LogP contribution < -0.4 is 14.3 Å². The second kappa shape index (κ2) is 3.59. The van der Waals surface area contributed by atoms with Crippen LogP contribution in [0.4, 0.5) is 0 Å². The average Bonchev–Trinajstić information content (AvgIpc) is 2.40. The second-order valence-corrected chi connectivity index (χ2v) is 3.77. The van der Waals surface area contributed by atoms with E-state index in [1.807, 2.05) is 48.5 Å². The minimum atomic E-state index is 0.702. The van der Waals surface area contributed by atoms with Crippen molar-refractivity contribution in [2.24, 2.45) is 0 Å². The van der Waals surface area contributed by atoms with Crippen LogP contribution in [0.15, 0.2) is 48.5 Å². The Morgan fingerprint density at radius 3 is 1.65 bits per heavy atom. The average molecular weight is 228 g/mol. The molecule has 0 saturated carbocycles. The largest absolute Gasteiger partial charge is 0.334 e. The lowest BCUT2D eigenvalue weighted by Crippen LogP contribution is -2.47. The smallest absolute Gasteiger partial charge is 0.283 e. The molecule has 4 heteroatoms. The highest BCUT2D eigenvalue weighted by Gasteiger charge is 2.27. The Morgan fingerprint density at radius 2 is 1.24 bits per heavy atom. The molecule has 0 atom stereocenters. The number of hydrogen-bond acceptors (Lipinski definition) is 2. The SMILES string of the molecule is CO[n+]1c2ccccc2[n+](O)c2ccccc21. The molecule has 1 heterocycles. The molecule has 0 aliphatic heterocycles. The topological polar surface area (TPSA) is 37.2 Å². The van der Waals surface area contributed by atoms with Crippen LogP contribution in [0.5, 0.6) is 0 Å². The van der Waals surface area contributed by atoms with Gasteiger partial charge in [0.25, 0.3) is 0 Å². The number of aromatic nitrogens is 2. The van der Waals surface area contributed by atoms with E-state index in [4.69, 9.17) is 4.84 Å². The van der Waals surface area contributed by atoms with Gasteiger partial charge in [-0.1, -0.05) is 24.3 Å². The zero-order valence-corrected chi connectivity index (χ0v) is 9.37. The lowest BCUT2D eigenvalue weighted by Gasteiger charge is -1.98. The highest BCUT2D eigenvalue weighted by molar-refractivity contribution is 5.75. The van der Waals surface area contributed by atoms with Crippen LogP contribution in [0, 0.1) is 0 Å². The van der Waals surface area contributed by atoms with Gasteiger partial charge in [0.1, 0.15) is 7.11 Å². The van der Waals surface area contributed by atoms with E-state index in [2.05, 4.69) is 0 Å². The monoisotopic (exact) mass is 228 g/mol. The van der Waals surface area contributed by atoms with Crippen molar-refractivity contribution in [3.8, 4) is 0 Å². The van der Waals surface area contributed by atoms with Gasteiger partial charge in [-0.25, -0.2) is 0 Å². The molecule has 0 unspecified atom stereocenters. The van der Waals surface area contributed by atoms with Crippen molar-refractivity contribution in [3.63, 3.8) is 0 Å². The van der Waals surface area contributed by atoms with Crippen LogP contribution >= 0.6 is 0 Å². The molecule has 0 spiro atoms. The van der Waals surface area contributed by atoms with E-state index in [9.17, 15) is 5.21 Å². The van der Waals surface area contributed by atoms with E-state index in [0.29, 0.717) is 11.0 Å². The van der Waals surface area contributed by atoms with E-state index in [-0.39, 0.29) is 0 Å². The lowest BCUT2D eigenvalue weighted by atomic mass is 10.2. The summed E-state index contributed by atoms with van der Waals surface area (Å²) in [5.74, 6) is 0. The van der Waals surface area contributed by atoms with E-state index in [0.717, 1.165) is 11.0 Å². The maximum Gasteiger partial charge on any atom is 0.334 e. The minimum Gasteiger partial charge on any atom is -0.283 e. The van der Waals surface area contributed by atoms with Gasteiger partial charge < -0.3 is 0 Å². The molecular weight excluding hydrogens is 216 g/mol. The third-order valence-corrected chi connectivity index (χ3v) is 2.84. The predicted molar refractivity (Wildman–Crippen MR) is 61.5 cm³/mol. The third kappa shape index (κ3) is 1.30. The van der Waals surface area contributed by atoms with Gasteiger partial charge in [-0.3, -0.25) is 10.0 Å². The number of hydrogen-bond donors (Lipinski definition) is 1. The van der Waals surface area contributed by atoms with E-state index in [1.165, 1.54) is 4.73 Å². The Morgan fingerprint density at radius 1 is 0.824 bits per heavy atom. The first kappa shape index (κ1) is 9.84. The molecule has 17 heavy (non-hydrogen) atoms. The summed E-state index contributed by atoms with van der Waals surface area (Å²) >= 11 is 0. The van der Waals surface area contributed by atoms with Gasteiger partial charge in [-0.05, 0) is 0 Å². The molecule has 84 valence electrons. The fraction of sp³-hybridized carbons (Fsp3) is 0.0769. The number of rotatable bonds is 1. The number of nitrogens with zero attached hydrogens (tertiary/aromatic N) is 2. The summed E-state index contributed by atoms with van der Waals surface area (Å²) in [5, 5.41) is 10.2. The number of benzene rings is 2. The Kier molecular flexibility index (Phi) is 2.08. The van der Waals surface area contributed by atoms with Gasteiger partial charge in [-0.15, -0.1) is 0 Å². The fourth-order valence-electron chi connectivity index (χ4n) is 2.09. The standard InChI is InChI=1S/C13H12N2O2/c1-17-15-12-8-4-2-6-10(12)14(16)11-7-3-5-9-13(11)15/h2-9,16H,1H3/q+2. The van der Waals surface area contributed by atoms with Crippen LogP contribution in [0.3, 0.4) is 0 Å². The van der Waals surface area contributed by atoms with Crippen molar-refractivity contribution in [2.75, 3.05) is 7.11 Å². The number of fused-ring (bicyclic) bond motifs is 2. The van der Waals surface area contributed by atoms with Gasteiger partial charge in [-0.2, -0.15) is 0 Å². The Bertz CT molecular complexity index is 653. The van der Waals surface area contributed by atoms with Crippen molar-refractivity contribution in [2.45, 2.75) is 0 Å². The van der Waals surface area contributed by atoms with Crippen LogP contribution in [-0.4, -0.2) is 12.3 Å². The highest BCUT2D eigenvalue weighted by atomic mass is 16.6. The molecule has 3 aromatic rings. The van der Waals surface area contributed by atoms with E-state index >= 15 is 0 Å². The summed E-state index contributed by atoms with van der Waals surface area (Å²) in [6.45, 7) is 0. The van der Waals surface area contributed by atoms with Crippen LogP contribution in [0.25, 0.3) is 22.1 Å². The molecule has 1 aromatic heterocycles. The summed E-state index contributed by atoms with van der Waals surface area (Å²) in [5.41, 5.74) is 3.04. The summed E-state index contributed by atoms with van der Waals surface area (Å²) in [6, 6.07) is 15.1. The highest BCUT2D eigenvalue weighted by Crippen LogP contribution is 2.10. The zero-order chi connectivity index (χ0) is 11.8. The van der Waals surface area contributed by atoms with Gasteiger partial charge in [0.15, 0.2) is 0 Å². The number of para-hydroxylation sites is 4. The van der Waals surface area contributed by atoms with Crippen LogP contribution in [-0.2, 0) is 0 Å². The van der Waals surface area contributed by atoms with Gasteiger partial charge in [0, 0.05) is 33.7 Å². The van der Waals surface area contributed by atoms with Crippen molar-refractivity contribution in [1.82, 2.24) is 0 Å². The van der Waals surface area contributed by atoms with Crippen molar-refractivity contribution >= 4 is 22.1 Å². The second-order valence-electron chi connectivity index (χ2n) is 3.77. The first-order chi connectivity index (χ1) is 8.33. The first-order valence-electron chi connectivity index (χ1n) is 5.34. The van der Waals surface area contributed by atoms with Gasteiger partial charge in [0.2, 0.25) is 0 Å². The molecule has 0 bridgehead atoms.